The van der Waals surface area contributed by atoms with Gasteiger partial charge in [0, 0.05) is 29.7 Å². The van der Waals surface area contributed by atoms with Gasteiger partial charge >= 0.3 is 0 Å². The van der Waals surface area contributed by atoms with E-state index in [1.54, 1.807) is 30.3 Å². The molecule has 1 N–H and O–H groups in total. The number of carbonyl (C=O) groups excluding carboxylic acids is 2. The fraction of sp³-hybridized carbons (Fsp3) is 0.222. The van der Waals surface area contributed by atoms with Crippen LogP contribution in [0.15, 0.2) is 72.6 Å². The Kier molecular flexibility index (Phi) is 6.63. The second kappa shape index (κ2) is 9.79. The van der Waals surface area contributed by atoms with Crippen molar-refractivity contribution in [3.8, 4) is 11.5 Å². The van der Waals surface area contributed by atoms with E-state index in [4.69, 9.17) is 9.47 Å². The van der Waals surface area contributed by atoms with Crippen LogP contribution >= 0.6 is 0 Å². The molecule has 1 amide bonds. The summed E-state index contributed by atoms with van der Waals surface area (Å²) >= 11 is 0. The Bertz CT molecular complexity index is 1250. The third-order valence-electron chi connectivity index (χ3n) is 5.56. The Balaban J connectivity index is 1.92. The number of aromatic nitrogens is 1. The number of benzene rings is 2. The summed E-state index contributed by atoms with van der Waals surface area (Å²) in [6.07, 6.45) is 3.04. The number of anilines is 1. The zero-order valence-electron chi connectivity index (χ0n) is 19.3. The van der Waals surface area contributed by atoms with Crippen LogP contribution in [0.1, 0.15) is 36.6 Å². The summed E-state index contributed by atoms with van der Waals surface area (Å²) in [7, 11) is 0. The number of hydrogen-bond acceptors (Lipinski definition) is 6. The quantitative estimate of drug-likeness (QED) is 0.310. The van der Waals surface area contributed by atoms with Crippen LogP contribution in [-0.2, 0) is 9.59 Å². The van der Waals surface area contributed by atoms with Crippen LogP contribution < -0.4 is 14.4 Å². The van der Waals surface area contributed by atoms with E-state index in [1.807, 2.05) is 45.0 Å². The summed E-state index contributed by atoms with van der Waals surface area (Å²) in [5.41, 5.74) is 2.57. The summed E-state index contributed by atoms with van der Waals surface area (Å²) in [5, 5.41) is 11.1. The maximum Gasteiger partial charge on any atom is 0.300 e. The number of pyridine rings is 1. The van der Waals surface area contributed by atoms with E-state index in [0.29, 0.717) is 41.5 Å². The summed E-state index contributed by atoms with van der Waals surface area (Å²) in [6.45, 7) is 6.53. The molecule has 1 unspecified atom stereocenters. The molecule has 1 aliphatic heterocycles. The summed E-state index contributed by atoms with van der Waals surface area (Å²) < 4.78 is 11.4. The van der Waals surface area contributed by atoms with Crippen molar-refractivity contribution in [1.29, 1.82) is 0 Å². The van der Waals surface area contributed by atoms with Gasteiger partial charge in [0.25, 0.3) is 11.7 Å². The molecule has 2 aromatic carbocycles. The zero-order valence-corrected chi connectivity index (χ0v) is 19.3. The Morgan fingerprint density at radius 1 is 0.971 bits per heavy atom. The first-order valence-corrected chi connectivity index (χ1v) is 11.1. The van der Waals surface area contributed by atoms with E-state index >= 15 is 0 Å². The van der Waals surface area contributed by atoms with E-state index in [2.05, 4.69) is 4.98 Å². The molecule has 7 nitrogen and oxygen atoms in total. The molecular formula is C27H26N2O5. The molecule has 0 spiro atoms. The van der Waals surface area contributed by atoms with Gasteiger partial charge in [-0.15, -0.1) is 0 Å². The highest BCUT2D eigenvalue weighted by atomic mass is 16.5. The number of ether oxygens (including phenoxy) is 2. The van der Waals surface area contributed by atoms with Crippen LogP contribution in [0.2, 0.25) is 0 Å². The van der Waals surface area contributed by atoms with Gasteiger partial charge in [0.15, 0.2) is 11.5 Å². The smallest absolute Gasteiger partial charge is 0.300 e. The summed E-state index contributed by atoms with van der Waals surface area (Å²) in [6, 6.07) is 15.0. The van der Waals surface area contributed by atoms with Gasteiger partial charge in [-0.25, -0.2) is 0 Å². The van der Waals surface area contributed by atoms with Gasteiger partial charge in [0.1, 0.15) is 5.76 Å². The van der Waals surface area contributed by atoms with Crippen molar-refractivity contribution in [3.63, 3.8) is 0 Å². The number of aliphatic hydroxyl groups is 1. The molecule has 0 aliphatic carbocycles. The minimum Gasteiger partial charge on any atom is -0.507 e. The molecule has 0 radical (unpaired) electrons. The van der Waals surface area contributed by atoms with Crippen molar-refractivity contribution in [2.45, 2.75) is 26.8 Å². The molecule has 34 heavy (non-hydrogen) atoms. The first-order valence-electron chi connectivity index (χ1n) is 11.1. The molecule has 3 aromatic rings. The Morgan fingerprint density at radius 3 is 2.35 bits per heavy atom. The van der Waals surface area contributed by atoms with Gasteiger partial charge in [-0.1, -0.05) is 29.8 Å². The number of aryl methyl sites for hydroxylation is 1. The summed E-state index contributed by atoms with van der Waals surface area (Å²) in [4.78, 5) is 32.0. The molecule has 7 heteroatoms. The van der Waals surface area contributed by atoms with Gasteiger partial charge in [-0.05, 0) is 50.6 Å². The topological polar surface area (TPSA) is 89.0 Å². The van der Waals surface area contributed by atoms with Crippen molar-refractivity contribution in [1.82, 2.24) is 4.98 Å². The maximum atomic E-state index is 13.3. The molecule has 1 aliphatic rings. The lowest BCUT2D eigenvalue weighted by atomic mass is 9.94. The first kappa shape index (κ1) is 23.0. The van der Waals surface area contributed by atoms with Crippen molar-refractivity contribution >= 4 is 23.1 Å². The highest BCUT2D eigenvalue weighted by Crippen LogP contribution is 2.44. The Hall–Kier alpha value is -4.13. The minimum atomic E-state index is -0.819. The SMILES string of the molecule is CCOc1ccc(N2C(=O)C(=O)/C(=C(/O)c3ccncc3)C2c2cccc(C)c2)cc1OCC. The Labute approximate surface area is 198 Å². The molecule has 2 heterocycles. The zero-order chi connectivity index (χ0) is 24.2. The number of carbonyl (C=O) groups is 2. The lowest BCUT2D eigenvalue weighted by Crippen LogP contribution is -2.29. The predicted molar refractivity (Wildman–Crippen MR) is 129 cm³/mol. The maximum absolute atomic E-state index is 13.3. The van der Waals surface area contributed by atoms with Crippen molar-refractivity contribution < 1.29 is 24.2 Å². The molecule has 1 atom stereocenters. The molecular weight excluding hydrogens is 432 g/mol. The lowest BCUT2D eigenvalue weighted by Gasteiger charge is -2.26. The molecule has 1 fully saturated rings. The number of rotatable bonds is 7. The van der Waals surface area contributed by atoms with E-state index in [0.717, 1.165) is 5.56 Å². The molecule has 1 aromatic heterocycles. The monoisotopic (exact) mass is 458 g/mol. The highest BCUT2D eigenvalue weighted by molar-refractivity contribution is 6.51. The van der Waals surface area contributed by atoms with Gasteiger partial charge in [-0.3, -0.25) is 19.5 Å². The van der Waals surface area contributed by atoms with Crippen LogP contribution in [-0.4, -0.2) is 35.0 Å². The standard InChI is InChI=1S/C27H26N2O5/c1-4-33-21-10-9-20(16-22(21)34-5-2)29-24(19-8-6-7-17(3)15-19)23(26(31)27(29)32)25(30)18-11-13-28-14-12-18/h6-16,24,30H,4-5H2,1-3H3/b25-23+. The molecule has 1 saturated heterocycles. The number of aliphatic hydroxyl groups excluding tert-OH is 1. The average Bonchev–Trinajstić information content (AvgIpc) is 3.11. The molecule has 4 rings (SSSR count). The number of Topliss-reactive ketones (excluding diaryl/α,β-unsaturated/α-hetero) is 1. The first-order chi connectivity index (χ1) is 16.5. The number of ketones is 1. The minimum absolute atomic E-state index is 0.0219. The summed E-state index contributed by atoms with van der Waals surface area (Å²) in [5.74, 6) is -0.707. The fourth-order valence-corrected chi connectivity index (χ4v) is 4.11. The second-order valence-corrected chi connectivity index (χ2v) is 7.82. The predicted octanol–water partition coefficient (Wildman–Crippen LogP) is 4.81. The van der Waals surface area contributed by atoms with Crippen molar-refractivity contribution in [3.05, 3.63) is 89.3 Å². The Morgan fingerprint density at radius 2 is 1.68 bits per heavy atom. The van der Waals surface area contributed by atoms with Crippen LogP contribution in [0.4, 0.5) is 5.69 Å². The third kappa shape index (κ3) is 4.24. The van der Waals surface area contributed by atoms with E-state index in [1.165, 1.54) is 17.3 Å². The number of hydrogen-bond donors (Lipinski definition) is 1. The van der Waals surface area contributed by atoms with Gasteiger partial charge in [0.2, 0.25) is 0 Å². The largest absolute Gasteiger partial charge is 0.507 e. The normalized spacial score (nSPS) is 17.1. The van der Waals surface area contributed by atoms with Gasteiger partial charge < -0.3 is 14.6 Å². The van der Waals surface area contributed by atoms with Crippen molar-refractivity contribution in [2.75, 3.05) is 18.1 Å². The number of amides is 1. The molecule has 0 saturated carbocycles. The number of nitrogens with zero attached hydrogens (tertiary/aromatic N) is 2. The van der Waals surface area contributed by atoms with Crippen molar-refractivity contribution in [2.24, 2.45) is 0 Å². The molecule has 0 bridgehead atoms. The van der Waals surface area contributed by atoms with Crippen LogP contribution in [0.5, 0.6) is 11.5 Å². The van der Waals surface area contributed by atoms with Crippen LogP contribution in [0.3, 0.4) is 0 Å². The van der Waals surface area contributed by atoms with E-state index in [9.17, 15) is 14.7 Å². The highest BCUT2D eigenvalue weighted by Gasteiger charge is 2.47. The third-order valence-corrected chi connectivity index (χ3v) is 5.56. The van der Waals surface area contributed by atoms with Crippen LogP contribution in [0.25, 0.3) is 5.76 Å². The van der Waals surface area contributed by atoms with E-state index in [-0.39, 0.29) is 11.3 Å². The lowest BCUT2D eigenvalue weighted by molar-refractivity contribution is -0.132. The second-order valence-electron chi connectivity index (χ2n) is 7.82. The van der Waals surface area contributed by atoms with E-state index < -0.39 is 17.7 Å². The van der Waals surface area contributed by atoms with Gasteiger partial charge in [-0.2, -0.15) is 0 Å². The molecule has 174 valence electrons. The van der Waals surface area contributed by atoms with Gasteiger partial charge in [0.05, 0.1) is 24.8 Å². The average molecular weight is 459 g/mol. The van der Waals surface area contributed by atoms with Crippen LogP contribution in [0, 0.1) is 6.92 Å². The fourth-order valence-electron chi connectivity index (χ4n) is 4.11.